The van der Waals surface area contributed by atoms with Gasteiger partial charge in [-0.15, -0.1) is 11.3 Å². The molecule has 1 aromatic heterocycles. The van der Waals surface area contributed by atoms with E-state index >= 15 is 0 Å². The van der Waals surface area contributed by atoms with Crippen molar-refractivity contribution in [3.8, 4) is 10.6 Å². The van der Waals surface area contributed by atoms with E-state index in [1.807, 2.05) is 30.3 Å². The number of carbonyl (C=O) groups is 2. The van der Waals surface area contributed by atoms with Crippen molar-refractivity contribution in [2.24, 2.45) is 0 Å². The number of nitrogens with one attached hydrogen (secondary N) is 1. The molecular formula is C19H15FN2O2S. The van der Waals surface area contributed by atoms with Crippen LogP contribution in [0.2, 0.25) is 0 Å². The molecule has 0 unspecified atom stereocenters. The van der Waals surface area contributed by atoms with E-state index in [0.29, 0.717) is 16.1 Å². The zero-order chi connectivity index (χ0) is 17.8. The molecule has 0 saturated carbocycles. The Labute approximate surface area is 148 Å². The van der Waals surface area contributed by atoms with Crippen LogP contribution in [0.3, 0.4) is 0 Å². The summed E-state index contributed by atoms with van der Waals surface area (Å²) in [5.74, 6) is -1.03. The summed E-state index contributed by atoms with van der Waals surface area (Å²) in [5, 5.41) is 3.36. The first-order valence-corrected chi connectivity index (χ1v) is 8.46. The molecule has 0 atom stereocenters. The number of hydrogen-bond donors (Lipinski definition) is 1. The summed E-state index contributed by atoms with van der Waals surface area (Å²) in [5.41, 5.74) is 1.92. The number of hydrogen-bond acceptors (Lipinski definition) is 4. The Morgan fingerprint density at radius 2 is 1.76 bits per heavy atom. The molecule has 2 aromatic carbocycles. The number of ketones is 1. The van der Waals surface area contributed by atoms with Gasteiger partial charge in [0.2, 0.25) is 0 Å². The zero-order valence-electron chi connectivity index (χ0n) is 13.5. The number of benzene rings is 2. The molecule has 25 heavy (non-hydrogen) atoms. The molecule has 3 rings (SSSR count). The minimum atomic E-state index is -0.408. The molecule has 0 saturated heterocycles. The predicted octanol–water partition coefficient (Wildman–Crippen LogP) is 3.87. The maximum Gasteiger partial charge on any atom is 0.263 e. The van der Waals surface area contributed by atoms with Gasteiger partial charge in [-0.2, -0.15) is 0 Å². The fourth-order valence-corrected chi connectivity index (χ4v) is 3.28. The van der Waals surface area contributed by atoms with Gasteiger partial charge in [-0.3, -0.25) is 9.59 Å². The lowest BCUT2D eigenvalue weighted by molar-refractivity contribution is 0.0906. The number of amides is 1. The van der Waals surface area contributed by atoms with Crippen LogP contribution in [0, 0.1) is 12.7 Å². The average molecular weight is 354 g/mol. The number of thiazole rings is 1. The largest absolute Gasteiger partial charge is 0.344 e. The van der Waals surface area contributed by atoms with Gasteiger partial charge >= 0.3 is 0 Å². The Hall–Kier alpha value is -2.86. The Kier molecular flexibility index (Phi) is 5.00. The van der Waals surface area contributed by atoms with Crippen molar-refractivity contribution in [2.75, 3.05) is 6.54 Å². The van der Waals surface area contributed by atoms with Gasteiger partial charge in [0.1, 0.15) is 15.7 Å². The highest BCUT2D eigenvalue weighted by Crippen LogP contribution is 2.27. The van der Waals surface area contributed by atoms with Crippen LogP contribution in [0.4, 0.5) is 4.39 Å². The van der Waals surface area contributed by atoms with Crippen molar-refractivity contribution in [2.45, 2.75) is 6.92 Å². The van der Waals surface area contributed by atoms with Gasteiger partial charge in [-0.05, 0) is 31.2 Å². The van der Waals surface area contributed by atoms with E-state index in [1.165, 1.54) is 35.6 Å². The number of nitrogens with zero attached hydrogens (tertiary/aromatic N) is 1. The van der Waals surface area contributed by atoms with Crippen molar-refractivity contribution in [1.29, 1.82) is 0 Å². The normalized spacial score (nSPS) is 10.5. The van der Waals surface area contributed by atoms with Crippen molar-refractivity contribution in [1.82, 2.24) is 10.3 Å². The van der Waals surface area contributed by atoms with E-state index in [-0.39, 0.29) is 18.2 Å². The Balaban J connectivity index is 1.68. The first-order valence-electron chi connectivity index (χ1n) is 7.64. The van der Waals surface area contributed by atoms with Crippen LogP contribution in [0.15, 0.2) is 54.6 Å². The van der Waals surface area contributed by atoms with E-state index in [4.69, 9.17) is 0 Å². The third kappa shape index (κ3) is 3.97. The predicted molar refractivity (Wildman–Crippen MR) is 95.4 cm³/mol. The molecular weight excluding hydrogens is 339 g/mol. The van der Waals surface area contributed by atoms with Gasteiger partial charge in [-0.25, -0.2) is 9.37 Å². The number of halogens is 1. The lowest BCUT2D eigenvalue weighted by Crippen LogP contribution is -2.29. The number of aromatic nitrogens is 1. The first-order chi connectivity index (χ1) is 12.0. The van der Waals surface area contributed by atoms with Crippen LogP contribution >= 0.6 is 11.3 Å². The van der Waals surface area contributed by atoms with Crippen LogP contribution < -0.4 is 5.32 Å². The van der Waals surface area contributed by atoms with Crippen LogP contribution in [-0.2, 0) is 0 Å². The standard InChI is InChI=1S/C19H15FN2O2S/c1-12-17(25-19(22-12)14-5-3-2-4-6-14)18(24)21-11-16(23)13-7-9-15(20)10-8-13/h2-10H,11H2,1H3,(H,21,24). The van der Waals surface area contributed by atoms with Gasteiger partial charge < -0.3 is 5.32 Å². The van der Waals surface area contributed by atoms with Crippen molar-refractivity contribution >= 4 is 23.0 Å². The molecule has 0 radical (unpaired) electrons. The van der Waals surface area contributed by atoms with Crippen molar-refractivity contribution in [3.63, 3.8) is 0 Å². The quantitative estimate of drug-likeness (QED) is 0.708. The van der Waals surface area contributed by atoms with Gasteiger partial charge in [0, 0.05) is 11.1 Å². The first kappa shape index (κ1) is 17.0. The molecule has 126 valence electrons. The highest BCUT2D eigenvalue weighted by Gasteiger charge is 2.17. The average Bonchev–Trinajstić information content (AvgIpc) is 3.02. The van der Waals surface area contributed by atoms with Crippen molar-refractivity contribution in [3.05, 3.63) is 76.5 Å². The maximum atomic E-state index is 12.9. The Morgan fingerprint density at radius 1 is 1.08 bits per heavy atom. The minimum Gasteiger partial charge on any atom is -0.344 e. The summed E-state index contributed by atoms with van der Waals surface area (Å²) in [6, 6.07) is 14.8. The van der Waals surface area contributed by atoms with Gasteiger partial charge in [0.15, 0.2) is 5.78 Å². The summed E-state index contributed by atoms with van der Waals surface area (Å²) in [4.78, 5) is 29.3. The molecule has 4 nitrogen and oxygen atoms in total. The second-order valence-electron chi connectivity index (χ2n) is 5.41. The summed E-state index contributed by atoms with van der Waals surface area (Å²) in [7, 11) is 0. The molecule has 0 spiro atoms. The molecule has 1 amide bonds. The van der Waals surface area contributed by atoms with E-state index in [2.05, 4.69) is 10.3 Å². The fourth-order valence-electron chi connectivity index (χ4n) is 2.29. The number of Topliss-reactive ketones (excluding diaryl/α,β-unsaturated/α-hetero) is 1. The molecule has 1 N–H and O–H groups in total. The van der Waals surface area contributed by atoms with E-state index in [0.717, 1.165) is 10.6 Å². The summed E-state index contributed by atoms with van der Waals surface area (Å²) in [6.07, 6.45) is 0. The van der Waals surface area contributed by atoms with Crippen LogP contribution in [0.5, 0.6) is 0 Å². The maximum absolute atomic E-state index is 12.9. The highest BCUT2D eigenvalue weighted by atomic mass is 32.1. The SMILES string of the molecule is Cc1nc(-c2ccccc2)sc1C(=O)NCC(=O)c1ccc(F)cc1. The Morgan fingerprint density at radius 3 is 2.44 bits per heavy atom. The Bertz CT molecular complexity index is 905. The van der Waals surface area contributed by atoms with Gasteiger partial charge in [0.05, 0.1) is 12.2 Å². The topological polar surface area (TPSA) is 59.1 Å². The second-order valence-corrected chi connectivity index (χ2v) is 6.41. The van der Waals surface area contributed by atoms with Crippen LogP contribution in [0.25, 0.3) is 10.6 Å². The highest BCUT2D eigenvalue weighted by molar-refractivity contribution is 7.17. The molecule has 0 bridgehead atoms. The van der Waals surface area contributed by atoms with E-state index < -0.39 is 5.82 Å². The number of aryl methyl sites for hydroxylation is 1. The minimum absolute atomic E-state index is 0.150. The summed E-state index contributed by atoms with van der Waals surface area (Å²) in [6.45, 7) is 1.61. The molecule has 0 aliphatic carbocycles. The molecule has 0 aliphatic rings. The lowest BCUT2D eigenvalue weighted by atomic mass is 10.1. The molecule has 0 fully saturated rings. The van der Waals surface area contributed by atoms with Gasteiger partial charge in [-0.1, -0.05) is 30.3 Å². The molecule has 3 aromatic rings. The second kappa shape index (κ2) is 7.36. The third-order valence-electron chi connectivity index (χ3n) is 3.60. The zero-order valence-corrected chi connectivity index (χ0v) is 14.3. The number of carbonyl (C=O) groups excluding carboxylic acids is 2. The third-order valence-corrected chi connectivity index (χ3v) is 4.80. The monoisotopic (exact) mass is 354 g/mol. The summed E-state index contributed by atoms with van der Waals surface area (Å²) >= 11 is 1.29. The molecule has 0 aliphatic heterocycles. The summed E-state index contributed by atoms with van der Waals surface area (Å²) < 4.78 is 12.9. The molecule has 1 heterocycles. The number of rotatable bonds is 5. The van der Waals surface area contributed by atoms with Crippen LogP contribution in [0.1, 0.15) is 25.7 Å². The smallest absolute Gasteiger partial charge is 0.263 e. The van der Waals surface area contributed by atoms with Crippen LogP contribution in [-0.4, -0.2) is 23.2 Å². The van der Waals surface area contributed by atoms with E-state index in [1.54, 1.807) is 6.92 Å². The lowest BCUT2D eigenvalue weighted by Gasteiger charge is -2.03. The van der Waals surface area contributed by atoms with E-state index in [9.17, 15) is 14.0 Å². The van der Waals surface area contributed by atoms with Gasteiger partial charge in [0.25, 0.3) is 5.91 Å². The van der Waals surface area contributed by atoms with Crippen molar-refractivity contribution < 1.29 is 14.0 Å². The molecule has 6 heteroatoms. The fraction of sp³-hybridized carbons (Fsp3) is 0.105.